The van der Waals surface area contributed by atoms with Gasteiger partial charge in [-0.25, -0.2) is 4.79 Å². The molecule has 0 fully saturated rings. The molecule has 0 saturated carbocycles. The molecule has 0 saturated heterocycles. The maximum Gasteiger partial charge on any atom is 0.314 e. The second-order valence-electron chi connectivity index (χ2n) is 4.27. The van der Waals surface area contributed by atoms with Crippen LogP contribution < -0.4 is 10.6 Å². The van der Waals surface area contributed by atoms with E-state index in [4.69, 9.17) is 4.42 Å². The highest BCUT2D eigenvalue weighted by Crippen LogP contribution is 2.05. The van der Waals surface area contributed by atoms with Crippen LogP contribution in [-0.4, -0.2) is 18.6 Å². The van der Waals surface area contributed by atoms with Crippen molar-refractivity contribution in [1.29, 1.82) is 0 Å². The molecule has 1 aromatic rings. The van der Waals surface area contributed by atoms with Crippen molar-refractivity contribution in [3.8, 4) is 0 Å². The molecule has 2 amide bonds. The average Bonchev–Trinajstić information content (AvgIpc) is 2.79. The van der Waals surface area contributed by atoms with E-state index < -0.39 is 0 Å². The molecule has 0 aromatic carbocycles. The number of aryl methyl sites for hydroxylation is 1. The Morgan fingerprint density at radius 1 is 1.53 bits per heavy atom. The van der Waals surface area contributed by atoms with Crippen LogP contribution in [-0.2, 0) is 6.42 Å². The van der Waals surface area contributed by atoms with Crippen LogP contribution in [0.3, 0.4) is 0 Å². The van der Waals surface area contributed by atoms with Crippen LogP contribution in [0.15, 0.2) is 22.8 Å². The van der Waals surface area contributed by atoms with Crippen LogP contribution in [0.1, 0.15) is 38.9 Å². The van der Waals surface area contributed by atoms with Gasteiger partial charge in [0.2, 0.25) is 0 Å². The molecule has 0 aliphatic carbocycles. The molecule has 4 heteroatoms. The number of carbonyl (C=O) groups excluding carboxylic acids is 1. The quantitative estimate of drug-likeness (QED) is 0.718. The third-order valence-corrected chi connectivity index (χ3v) is 2.60. The van der Waals surface area contributed by atoms with E-state index in [2.05, 4.69) is 17.6 Å². The Kier molecular flexibility index (Phi) is 6.22. The number of rotatable bonds is 7. The summed E-state index contributed by atoms with van der Waals surface area (Å²) >= 11 is 0. The van der Waals surface area contributed by atoms with E-state index in [-0.39, 0.29) is 12.1 Å². The third kappa shape index (κ3) is 6.00. The van der Waals surface area contributed by atoms with Gasteiger partial charge in [0.1, 0.15) is 5.76 Å². The Morgan fingerprint density at radius 2 is 2.35 bits per heavy atom. The zero-order chi connectivity index (χ0) is 12.5. The van der Waals surface area contributed by atoms with Gasteiger partial charge < -0.3 is 15.1 Å². The van der Waals surface area contributed by atoms with Crippen molar-refractivity contribution in [1.82, 2.24) is 10.6 Å². The van der Waals surface area contributed by atoms with E-state index in [1.54, 1.807) is 6.26 Å². The van der Waals surface area contributed by atoms with Gasteiger partial charge >= 0.3 is 6.03 Å². The number of amides is 2. The highest BCUT2D eigenvalue weighted by atomic mass is 16.3. The highest BCUT2D eigenvalue weighted by molar-refractivity contribution is 5.74. The number of furan rings is 1. The lowest BCUT2D eigenvalue weighted by Gasteiger charge is -2.13. The van der Waals surface area contributed by atoms with Crippen molar-refractivity contribution in [3.05, 3.63) is 24.2 Å². The van der Waals surface area contributed by atoms with Gasteiger partial charge in [-0.2, -0.15) is 0 Å². The number of unbranched alkanes of at least 4 members (excludes halogenated alkanes) is 1. The minimum atomic E-state index is -0.0783. The van der Waals surface area contributed by atoms with Crippen LogP contribution in [0.5, 0.6) is 0 Å². The summed E-state index contributed by atoms with van der Waals surface area (Å²) in [6.45, 7) is 4.85. The Morgan fingerprint density at radius 3 is 3.00 bits per heavy atom. The molecule has 1 rings (SSSR count). The minimum absolute atomic E-state index is 0.0783. The summed E-state index contributed by atoms with van der Waals surface area (Å²) in [5.74, 6) is 0.963. The zero-order valence-electron chi connectivity index (χ0n) is 10.7. The third-order valence-electron chi connectivity index (χ3n) is 2.60. The summed E-state index contributed by atoms with van der Waals surface area (Å²) < 4.78 is 5.24. The summed E-state index contributed by atoms with van der Waals surface area (Å²) in [5.41, 5.74) is 0. The lowest BCUT2D eigenvalue weighted by molar-refractivity contribution is 0.237. The number of hydrogen-bond acceptors (Lipinski definition) is 2. The van der Waals surface area contributed by atoms with Crippen LogP contribution >= 0.6 is 0 Å². The largest absolute Gasteiger partial charge is 0.469 e. The van der Waals surface area contributed by atoms with Gasteiger partial charge in [0.15, 0.2) is 0 Å². The van der Waals surface area contributed by atoms with E-state index in [1.165, 1.54) is 0 Å². The summed E-state index contributed by atoms with van der Waals surface area (Å²) in [6, 6.07) is 3.91. The summed E-state index contributed by atoms with van der Waals surface area (Å²) in [4.78, 5) is 11.4. The monoisotopic (exact) mass is 238 g/mol. The number of hydrogen-bond donors (Lipinski definition) is 2. The van der Waals surface area contributed by atoms with Gasteiger partial charge in [0, 0.05) is 19.0 Å². The molecular formula is C13H22N2O2. The first-order chi connectivity index (χ1) is 8.22. The van der Waals surface area contributed by atoms with Gasteiger partial charge in [-0.1, -0.05) is 13.3 Å². The van der Waals surface area contributed by atoms with Gasteiger partial charge in [0.05, 0.1) is 6.26 Å². The van der Waals surface area contributed by atoms with Crippen molar-refractivity contribution in [3.63, 3.8) is 0 Å². The lowest BCUT2D eigenvalue weighted by atomic mass is 10.1. The lowest BCUT2D eigenvalue weighted by Crippen LogP contribution is -2.41. The molecule has 0 aliphatic heterocycles. The second kappa shape index (κ2) is 7.76. The Balaban J connectivity index is 2.11. The SMILES string of the molecule is CCCCNC(=O)NC(C)CCc1ccco1. The average molecular weight is 238 g/mol. The van der Waals surface area contributed by atoms with Gasteiger partial charge in [-0.05, 0) is 31.9 Å². The van der Waals surface area contributed by atoms with Gasteiger partial charge in [0.25, 0.3) is 0 Å². The maximum atomic E-state index is 11.4. The minimum Gasteiger partial charge on any atom is -0.469 e. The van der Waals surface area contributed by atoms with Crippen molar-refractivity contribution in [2.24, 2.45) is 0 Å². The van der Waals surface area contributed by atoms with Crippen LogP contribution in [0, 0.1) is 0 Å². The van der Waals surface area contributed by atoms with Crippen LogP contribution in [0.25, 0.3) is 0 Å². The molecule has 1 atom stereocenters. The fourth-order valence-electron chi connectivity index (χ4n) is 1.54. The zero-order valence-corrected chi connectivity index (χ0v) is 10.7. The van der Waals surface area contributed by atoms with E-state index in [0.29, 0.717) is 0 Å². The highest BCUT2D eigenvalue weighted by Gasteiger charge is 2.07. The van der Waals surface area contributed by atoms with Crippen LogP contribution in [0.4, 0.5) is 4.79 Å². The molecule has 17 heavy (non-hydrogen) atoms. The van der Waals surface area contributed by atoms with Crippen molar-refractivity contribution >= 4 is 6.03 Å². The second-order valence-corrected chi connectivity index (χ2v) is 4.27. The number of nitrogens with one attached hydrogen (secondary N) is 2. The summed E-state index contributed by atoms with van der Waals surface area (Å²) in [6.07, 6.45) is 5.52. The Hall–Kier alpha value is -1.45. The Bertz CT molecular complexity index is 309. The first-order valence-corrected chi connectivity index (χ1v) is 6.29. The molecule has 0 bridgehead atoms. The maximum absolute atomic E-state index is 11.4. The molecular weight excluding hydrogens is 216 g/mol. The van der Waals surface area contributed by atoms with Crippen molar-refractivity contribution < 1.29 is 9.21 Å². The van der Waals surface area contributed by atoms with E-state index in [9.17, 15) is 4.79 Å². The normalized spacial score (nSPS) is 12.1. The molecule has 1 unspecified atom stereocenters. The fraction of sp³-hybridized carbons (Fsp3) is 0.615. The molecule has 0 spiro atoms. The summed E-state index contributed by atoms with van der Waals surface area (Å²) in [7, 11) is 0. The molecule has 0 aliphatic rings. The molecule has 2 N–H and O–H groups in total. The van der Waals surface area contributed by atoms with Crippen LogP contribution in [0.2, 0.25) is 0 Å². The topological polar surface area (TPSA) is 54.3 Å². The van der Waals surface area contributed by atoms with E-state index in [1.807, 2.05) is 19.1 Å². The number of carbonyl (C=O) groups is 1. The molecule has 0 radical (unpaired) electrons. The predicted molar refractivity (Wildman–Crippen MR) is 67.9 cm³/mol. The van der Waals surface area contributed by atoms with Crippen molar-refractivity contribution in [2.45, 2.75) is 45.6 Å². The van der Waals surface area contributed by atoms with Gasteiger partial charge in [-0.15, -0.1) is 0 Å². The fourth-order valence-corrected chi connectivity index (χ4v) is 1.54. The molecule has 1 heterocycles. The predicted octanol–water partition coefficient (Wildman–Crippen LogP) is 2.70. The van der Waals surface area contributed by atoms with E-state index >= 15 is 0 Å². The number of urea groups is 1. The standard InChI is InChI=1S/C13H22N2O2/c1-3-4-9-14-13(16)15-11(2)7-8-12-6-5-10-17-12/h5-6,10-11H,3-4,7-9H2,1-2H3,(H2,14,15,16). The summed E-state index contributed by atoms with van der Waals surface area (Å²) in [5, 5.41) is 5.74. The smallest absolute Gasteiger partial charge is 0.314 e. The van der Waals surface area contributed by atoms with Crippen molar-refractivity contribution in [2.75, 3.05) is 6.54 Å². The molecule has 1 aromatic heterocycles. The van der Waals surface area contributed by atoms with E-state index in [0.717, 1.165) is 38.0 Å². The first-order valence-electron chi connectivity index (χ1n) is 6.29. The van der Waals surface area contributed by atoms with Gasteiger partial charge in [-0.3, -0.25) is 0 Å². The molecule has 96 valence electrons. The molecule has 4 nitrogen and oxygen atoms in total. The Labute approximate surface area is 103 Å². The first kappa shape index (κ1) is 13.6.